The molecule has 1 aliphatic rings. The average molecular weight is 274 g/mol. The van der Waals surface area contributed by atoms with Gasteiger partial charge in [-0.15, -0.1) is 26.3 Å². The van der Waals surface area contributed by atoms with Crippen molar-refractivity contribution < 1.29 is 0 Å². The van der Waals surface area contributed by atoms with E-state index in [0.29, 0.717) is 5.92 Å². The van der Waals surface area contributed by atoms with Crippen LogP contribution in [0, 0.1) is 11.3 Å². The number of nitrogens with two attached hydrogens (primary N) is 2. The van der Waals surface area contributed by atoms with Crippen LogP contribution in [0.25, 0.3) is 0 Å². The van der Waals surface area contributed by atoms with E-state index >= 15 is 0 Å². The van der Waals surface area contributed by atoms with Crippen LogP contribution in [0.4, 0.5) is 0 Å². The Morgan fingerprint density at radius 1 is 0.950 bits per heavy atom. The predicted molar refractivity (Wildman–Crippen MR) is 89.3 cm³/mol. The third-order valence-corrected chi connectivity index (χ3v) is 5.09. The fourth-order valence-electron chi connectivity index (χ4n) is 4.10. The van der Waals surface area contributed by atoms with Crippen LogP contribution in [0.15, 0.2) is 50.6 Å². The molecule has 1 saturated carbocycles. The van der Waals surface area contributed by atoms with E-state index in [1.54, 1.807) is 0 Å². The molecule has 3 unspecified atom stereocenters. The normalized spacial score (nSPS) is 32.3. The van der Waals surface area contributed by atoms with Gasteiger partial charge in [0.1, 0.15) is 0 Å². The molecule has 4 N–H and O–H groups in total. The van der Waals surface area contributed by atoms with Gasteiger partial charge in [0, 0.05) is 17.0 Å². The largest absolute Gasteiger partial charge is 0.327 e. The van der Waals surface area contributed by atoms with Crippen molar-refractivity contribution in [1.29, 1.82) is 0 Å². The van der Waals surface area contributed by atoms with Crippen LogP contribution >= 0.6 is 0 Å². The second-order valence-corrected chi connectivity index (χ2v) is 6.12. The van der Waals surface area contributed by atoms with Gasteiger partial charge in [-0.3, -0.25) is 0 Å². The Morgan fingerprint density at radius 2 is 1.50 bits per heavy atom. The van der Waals surface area contributed by atoms with Crippen LogP contribution < -0.4 is 11.5 Å². The maximum atomic E-state index is 6.85. The molecule has 1 aliphatic carbocycles. The first-order chi connectivity index (χ1) is 9.51. The van der Waals surface area contributed by atoms with Crippen LogP contribution in [0.2, 0.25) is 0 Å². The number of rotatable bonds is 8. The zero-order chi connectivity index (χ0) is 15.2. The van der Waals surface area contributed by atoms with E-state index in [-0.39, 0.29) is 17.0 Å². The first-order valence-electron chi connectivity index (χ1n) is 7.49. The molecular formula is C18H30N2. The lowest BCUT2D eigenvalue weighted by molar-refractivity contribution is -0.00869. The summed E-state index contributed by atoms with van der Waals surface area (Å²) in [5, 5.41) is 0. The molecule has 0 aliphatic heterocycles. The van der Waals surface area contributed by atoms with Gasteiger partial charge in [-0.25, -0.2) is 0 Å². The summed E-state index contributed by atoms with van der Waals surface area (Å²) in [4.78, 5) is 0. The van der Waals surface area contributed by atoms with Gasteiger partial charge in [-0.2, -0.15) is 0 Å². The molecule has 0 bridgehead atoms. The predicted octanol–water partition coefficient (Wildman–Crippen LogP) is 3.71. The van der Waals surface area contributed by atoms with Gasteiger partial charge >= 0.3 is 0 Å². The van der Waals surface area contributed by atoms with Gasteiger partial charge in [0.15, 0.2) is 0 Å². The van der Waals surface area contributed by atoms with Gasteiger partial charge < -0.3 is 11.5 Å². The van der Waals surface area contributed by atoms with Gasteiger partial charge in [-0.05, 0) is 44.4 Å². The van der Waals surface area contributed by atoms with Gasteiger partial charge in [0.25, 0.3) is 0 Å². The molecule has 1 rings (SSSR count). The first kappa shape index (κ1) is 16.9. The maximum absolute atomic E-state index is 6.85. The third kappa shape index (κ3) is 2.82. The van der Waals surface area contributed by atoms with Gasteiger partial charge in [0.05, 0.1) is 0 Å². The van der Waals surface area contributed by atoms with E-state index in [2.05, 4.69) is 26.3 Å². The van der Waals surface area contributed by atoms with Crippen LogP contribution in [-0.4, -0.2) is 11.6 Å². The molecule has 0 radical (unpaired) electrons. The lowest BCUT2D eigenvalue weighted by atomic mass is 9.50. The molecule has 0 aromatic heterocycles. The summed E-state index contributed by atoms with van der Waals surface area (Å²) in [6, 6.07) is 0.161. The van der Waals surface area contributed by atoms with Crippen LogP contribution in [0.5, 0.6) is 0 Å². The van der Waals surface area contributed by atoms with Crippen molar-refractivity contribution in [3.8, 4) is 0 Å². The molecule has 0 aromatic rings. The summed E-state index contributed by atoms with van der Waals surface area (Å²) in [6.07, 6.45) is 13.1. The van der Waals surface area contributed by atoms with E-state index in [1.807, 2.05) is 24.3 Å². The van der Waals surface area contributed by atoms with Gasteiger partial charge in [0.2, 0.25) is 0 Å². The minimum atomic E-state index is -0.291. The highest BCUT2D eigenvalue weighted by Gasteiger charge is 2.55. The van der Waals surface area contributed by atoms with E-state index < -0.39 is 0 Å². The summed E-state index contributed by atoms with van der Waals surface area (Å²) in [7, 11) is 0. The van der Waals surface area contributed by atoms with E-state index in [4.69, 9.17) is 11.5 Å². The summed E-state index contributed by atoms with van der Waals surface area (Å²) in [6.45, 7) is 15.7. The van der Waals surface area contributed by atoms with E-state index in [9.17, 15) is 0 Å². The van der Waals surface area contributed by atoms with Crippen molar-refractivity contribution in [1.82, 2.24) is 0 Å². The van der Waals surface area contributed by atoms with E-state index in [0.717, 1.165) is 38.5 Å². The topological polar surface area (TPSA) is 52.0 Å². The second kappa shape index (κ2) is 7.05. The van der Waals surface area contributed by atoms with Crippen molar-refractivity contribution >= 4 is 0 Å². The average Bonchev–Trinajstić information content (AvgIpc) is 2.41. The lowest BCUT2D eigenvalue weighted by Gasteiger charge is -2.58. The molecule has 1 fully saturated rings. The minimum Gasteiger partial charge on any atom is -0.327 e. The highest BCUT2D eigenvalue weighted by molar-refractivity contribution is 5.17. The van der Waals surface area contributed by atoms with Crippen molar-refractivity contribution in [2.45, 2.75) is 50.1 Å². The molecule has 0 saturated heterocycles. The molecule has 0 heterocycles. The minimum absolute atomic E-state index is 0.101. The number of allylic oxidation sites excluding steroid dienone is 3. The Morgan fingerprint density at radius 3 is 1.95 bits per heavy atom. The quantitative estimate of drug-likeness (QED) is 0.663. The van der Waals surface area contributed by atoms with Crippen molar-refractivity contribution in [2.75, 3.05) is 0 Å². The molecule has 112 valence electrons. The van der Waals surface area contributed by atoms with Crippen molar-refractivity contribution in [3.63, 3.8) is 0 Å². The smallest absolute Gasteiger partial charge is 0.0256 e. The monoisotopic (exact) mass is 274 g/mol. The van der Waals surface area contributed by atoms with Crippen molar-refractivity contribution in [2.24, 2.45) is 22.8 Å². The maximum Gasteiger partial charge on any atom is 0.0256 e. The van der Waals surface area contributed by atoms with Crippen LogP contribution in [0.1, 0.15) is 38.5 Å². The number of hydrogen-bond donors (Lipinski definition) is 2. The Bertz CT molecular complexity index is 362. The lowest BCUT2D eigenvalue weighted by Crippen LogP contribution is -2.65. The highest BCUT2D eigenvalue weighted by Crippen LogP contribution is 2.54. The Hall–Kier alpha value is -1.12. The Labute approximate surface area is 124 Å². The first-order valence-corrected chi connectivity index (χ1v) is 7.49. The standard InChI is InChI=1S/C18H30N2/c1-5-9-15-16(19)10-14-18(20,13-8-4)17(15,11-6-2)12-7-3/h5-8,15-16H,1-4,9-14,19-20H2. The molecule has 20 heavy (non-hydrogen) atoms. The summed E-state index contributed by atoms with van der Waals surface area (Å²) >= 11 is 0. The zero-order valence-corrected chi connectivity index (χ0v) is 12.7. The van der Waals surface area contributed by atoms with Crippen LogP contribution in [0.3, 0.4) is 0 Å². The summed E-state index contributed by atoms with van der Waals surface area (Å²) in [5.74, 6) is 0.315. The molecular weight excluding hydrogens is 244 g/mol. The van der Waals surface area contributed by atoms with Gasteiger partial charge in [-0.1, -0.05) is 24.3 Å². The van der Waals surface area contributed by atoms with E-state index in [1.165, 1.54) is 0 Å². The molecule has 0 aromatic carbocycles. The van der Waals surface area contributed by atoms with Crippen molar-refractivity contribution in [3.05, 3.63) is 50.6 Å². The fourth-order valence-corrected chi connectivity index (χ4v) is 4.10. The zero-order valence-electron chi connectivity index (χ0n) is 12.7. The summed E-state index contributed by atoms with van der Waals surface area (Å²) in [5.41, 5.74) is 12.9. The molecule has 0 spiro atoms. The SMILES string of the molecule is C=CCC1C(N)CCC(N)(CC=C)C1(CC=C)CC=C. The number of hydrogen-bond acceptors (Lipinski definition) is 2. The molecule has 2 nitrogen and oxygen atoms in total. The molecule has 0 amide bonds. The van der Waals surface area contributed by atoms with Crippen LogP contribution in [-0.2, 0) is 0 Å². The molecule has 2 heteroatoms. The second-order valence-electron chi connectivity index (χ2n) is 6.12. The Kier molecular flexibility index (Phi) is 5.97. The third-order valence-electron chi connectivity index (χ3n) is 5.09. The highest BCUT2D eigenvalue weighted by atomic mass is 14.9. The fraction of sp³-hybridized carbons (Fsp3) is 0.556. The molecule has 3 atom stereocenters. The Balaban J connectivity index is 3.35. The summed E-state index contributed by atoms with van der Waals surface area (Å²) < 4.78 is 0.